The highest BCUT2D eigenvalue weighted by molar-refractivity contribution is 7.99. The van der Waals surface area contributed by atoms with Gasteiger partial charge in [-0.25, -0.2) is 4.39 Å². The number of halogens is 1. The van der Waals surface area contributed by atoms with Gasteiger partial charge in [0.2, 0.25) is 5.91 Å². The highest BCUT2D eigenvalue weighted by Crippen LogP contribution is 2.26. The summed E-state index contributed by atoms with van der Waals surface area (Å²) in [6.07, 6.45) is 0.844. The van der Waals surface area contributed by atoms with Crippen molar-refractivity contribution < 1.29 is 9.18 Å². The fourth-order valence-corrected chi connectivity index (χ4v) is 4.36. The van der Waals surface area contributed by atoms with Crippen LogP contribution in [0, 0.1) is 12.7 Å². The Morgan fingerprint density at radius 1 is 1.00 bits per heavy atom. The molecule has 0 aliphatic carbocycles. The van der Waals surface area contributed by atoms with Crippen molar-refractivity contribution in [2.45, 2.75) is 32.0 Å². The minimum atomic E-state index is -0.304. The number of thioether (sulfide) groups is 1. The molecular formula is C26H25FN4OS. The Labute approximate surface area is 197 Å². The van der Waals surface area contributed by atoms with E-state index in [0.29, 0.717) is 17.5 Å². The van der Waals surface area contributed by atoms with Crippen molar-refractivity contribution in [1.82, 2.24) is 14.8 Å². The van der Waals surface area contributed by atoms with Gasteiger partial charge < -0.3 is 5.32 Å². The van der Waals surface area contributed by atoms with Gasteiger partial charge in [-0.3, -0.25) is 9.36 Å². The standard InChI is InChI=1S/C26H25FN4OS/c1-3-20-11-7-8-18(2)24(20)28-23(32)17-33-26-30-29-25(21-12-14-22(27)15-13-21)31(26)16-19-9-5-4-6-10-19/h4-15H,3,16-17H2,1-2H3,(H,28,32). The van der Waals surface area contributed by atoms with Gasteiger partial charge in [0.25, 0.3) is 0 Å². The summed E-state index contributed by atoms with van der Waals surface area (Å²) in [5.41, 5.74) is 4.88. The number of rotatable bonds is 8. The molecule has 33 heavy (non-hydrogen) atoms. The van der Waals surface area contributed by atoms with E-state index in [-0.39, 0.29) is 17.5 Å². The summed E-state index contributed by atoms with van der Waals surface area (Å²) in [7, 11) is 0. The van der Waals surface area contributed by atoms with E-state index >= 15 is 0 Å². The van der Waals surface area contributed by atoms with E-state index in [1.807, 2.05) is 60.0 Å². The smallest absolute Gasteiger partial charge is 0.234 e. The maximum atomic E-state index is 13.4. The van der Waals surface area contributed by atoms with Crippen LogP contribution in [0.1, 0.15) is 23.6 Å². The third kappa shape index (κ3) is 5.49. The molecule has 1 heterocycles. The number of aromatic nitrogens is 3. The second kappa shape index (κ2) is 10.4. The van der Waals surface area contributed by atoms with Gasteiger partial charge in [-0.2, -0.15) is 0 Å². The van der Waals surface area contributed by atoms with E-state index in [1.54, 1.807) is 12.1 Å². The molecule has 4 aromatic rings. The second-order valence-electron chi connectivity index (χ2n) is 7.68. The molecule has 0 aliphatic rings. The summed E-state index contributed by atoms with van der Waals surface area (Å²) in [6.45, 7) is 4.61. The Balaban J connectivity index is 1.56. The number of para-hydroxylation sites is 1. The van der Waals surface area contributed by atoms with Crippen LogP contribution in [0.5, 0.6) is 0 Å². The van der Waals surface area contributed by atoms with Crippen molar-refractivity contribution in [3.8, 4) is 11.4 Å². The normalized spacial score (nSPS) is 10.9. The fraction of sp³-hybridized carbons (Fsp3) is 0.192. The number of hydrogen-bond donors (Lipinski definition) is 1. The van der Waals surface area contributed by atoms with Crippen LogP contribution in [-0.2, 0) is 17.8 Å². The van der Waals surface area contributed by atoms with Gasteiger partial charge in [0.05, 0.1) is 12.3 Å². The number of nitrogens with one attached hydrogen (secondary N) is 1. The van der Waals surface area contributed by atoms with Crippen LogP contribution in [-0.4, -0.2) is 26.4 Å². The van der Waals surface area contributed by atoms with Crippen LogP contribution in [0.3, 0.4) is 0 Å². The molecule has 0 bridgehead atoms. The number of anilines is 1. The Kier molecular flexibility index (Phi) is 7.19. The number of aryl methyl sites for hydroxylation is 2. The molecule has 0 aliphatic heterocycles. The minimum Gasteiger partial charge on any atom is -0.325 e. The number of carbonyl (C=O) groups is 1. The number of nitrogens with zero attached hydrogens (tertiary/aromatic N) is 3. The van der Waals surface area contributed by atoms with Crippen LogP contribution in [0.4, 0.5) is 10.1 Å². The molecule has 4 rings (SSSR count). The van der Waals surface area contributed by atoms with Crippen molar-refractivity contribution in [1.29, 1.82) is 0 Å². The lowest BCUT2D eigenvalue weighted by molar-refractivity contribution is -0.113. The largest absolute Gasteiger partial charge is 0.325 e. The Morgan fingerprint density at radius 2 is 1.76 bits per heavy atom. The van der Waals surface area contributed by atoms with E-state index < -0.39 is 0 Å². The number of benzene rings is 3. The molecule has 0 fully saturated rings. The van der Waals surface area contributed by atoms with Crippen LogP contribution in [0.15, 0.2) is 78.0 Å². The molecule has 0 spiro atoms. The van der Waals surface area contributed by atoms with Gasteiger partial charge in [0.1, 0.15) is 5.82 Å². The number of hydrogen-bond acceptors (Lipinski definition) is 4. The van der Waals surface area contributed by atoms with Gasteiger partial charge in [-0.05, 0) is 54.3 Å². The molecule has 0 saturated heterocycles. The van der Waals surface area contributed by atoms with Crippen molar-refractivity contribution in [2.75, 3.05) is 11.1 Å². The molecule has 5 nitrogen and oxygen atoms in total. The first-order valence-corrected chi connectivity index (χ1v) is 11.8. The number of carbonyl (C=O) groups excluding carboxylic acids is 1. The van der Waals surface area contributed by atoms with Crippen LogP contribution in [0.25, 0.3) is 11.4 Å². The third-order valence-corrected chi connectivity index (χ3v) is 6.31. The van der Waals surface area contributed by atoms with Crippen molar-refractivity contribution in [3.05, 3.63) is 95.3 Å². The first kappa shape index (κ1) is 22.7. The SMILES string of the molecule is CCc1cccc(C)c1NC(=O)CSc1nnc(-c2ccc(F)cc2)n1Cc1ccccc1. The Morgan fingerprint density at radius 3 is 2.48 bits per heavy atom. The molecule has 1 N–H and O–H groups in total. The molecule has 0 radical (unpaired) electrons. The highest BCUT2D eigenvalue weighted by Gasteiger charge is 2.17. The summed E-state index contributed by atoms with van der Waals surface area (Å²) in [6, 6.07) is 22.2. The molecule has 7 heteroatoms. The first-order valence-electron chi connectivity index (χ1n) is 10.8. The fourth-order valence-electron chi connectivity index (χ4n) is 3.62. The lowest BCUT2D eigenvalue weighted by Crippen LogP contribution is -2.17. The predicted octanol–water partition coefficient (Wildman–Crippen LogP) is 5.73. The summed E-state index contributed by atoms with van der Waals surface area (Å²) >= 11 is 1.33. The average Bonchev–Trinajstić information content (AvgIpc) is 3.22. The van der Waals surface area contributed by atoms with E-state index in [1.165, 1.54) is 23.9 Å². The Hall–Kier alpha value is -3.45. The molecule has 3 aromatic carbocycles. The van der Waals surface area contributed by atoms with Crippen LogP contribution < -0.4 is 5.32 Å². The summed E-state index contributed by atoms with van der Waals surface area (Å²) in [4.78, 5) is 12.8. The van der Waals surface area contributed by atoms with Gasteiger partial charge in [-0.1, -0.05) is 67.2 Å². The Bertz CT molecular complexity index is 1240. The van der Waals surface area contributed by atoms with Crippen LogP contribution >= 0.6 is 11.8 Å². The molecule has 0 saturated carbocycles. The quantitative estimate of drug-likeness (QED) is 0.341. The lowest BCUT2D eigenvalue weighted by Gasteiger charge is -2.13. The van der Waals surface area contributed by atoms with E-state index in [4.69, 9.17) is 0 Å². The first-order chi connectivity index (χ1) is 16.0. The van der Waals surface area contributed by atoms with Crippen molar-refractivity contribution in [2.24, 2.45) is 0 Å². The maximum Gasteiger partial charge on any atom is 0.234 e. The summed E-state index contributed by atoms with van der Waals surface area (Å²) < 4.78 is 15.4. The zero-order valence-corrected chi connectivity index (χ0v) is 19.4. The van der Waals surface area contributed by atoms with Crippen LogP contribution in [0.2, 0.25) is 0 Å². The second-order valence-corrected chi connectivity index (χ2v) is 8.63. The van der Waals surface area contributed by atoms with Gasteiger partial charge >= 0.3 is 0 Å². The average molecular weight is 461 g/mol. The van der Waals surface area contributed by atoms with E-state index in [2.05, 4.69) is 22.4 Å². The lowest BCUT2D eigenvalue weighted by atomic mass is 10.1. The molecule has 168 valence electrons. The maximum absolute atomic E-state index is 13.4. The monoisotopic (exact) mass is 460 g/mol. The highest BCUT2D eigenvalue weighted by atomic mass is 32.2. The van der Waals surface area contributed by atoms with Gasteiger partial charge in [-0.15, -0.1) is 10.2 Å². The molecule has 1 amide bonds. The molecule has 0 unspecified atom stereocenters. The van der Waals surface area contributed by atoms with Crippen molar-refractivity contribution >= 4 is 23.4 Å². The predicted molar refractivity (Wildman–Crippen MR) is 131 cm³/mol. The molecule has 1 aromatic heterocycles. The molecule has 0 atom stereocenters. The van der Waals surface area contributed by atoms with Gasteiger partial charge in [0.15, 0.2) is 11.0 Å². The van der Waals surface area contributed by atoms with E-state index in [9.17, 15) is 9.18 Å². The van der Waals surface area contributed by atoms with Crippen molar-refractivity contribution in [3.63, 3.8) is 0 Å². The third-order valence-electron chi connectivity index (χ3n) is 5.34. The number of amides is 1. The summed E-state index contributed by atoms with van der Waals surface area (Å²) in [5, 5.41) is 12.4. The summed E-state index contributed by atoms with van der Waals surface area (Å²) in [5.74, 6) is 0.436. The zero-order valence-electron chi connectivity index (χ0n) is 18.6. The minimum absolute atomic E-state index is 0.0957. The topological polar surface area (TPSA) is 59.8 Å². The molecular weight excluding hydrogens is 435 g/mol. The zero-order chi connectivity index (χ0) is 23.2. The van der Waals surface area contributed by atoms with Gasteiger partial charge in [0, 0.05) is 11.3 Å². The van der Waals surface area contributed by atoms with E-state index in [0.717, 1.165) is 34.4 Å².